The second kappa shape index (κ2) is 6.89. The summed E-state index contributed by atoms with van der Waals surface area (Å²) in [6.07, 6.45) is 4.22. The second-order valence-electron chi connectivity index (χ2n) is 5.54. The third-order valence-corrected chi connectivity index (χ3v) is 4.48. The summed E-state index contributed by atoms with van der Waals surface area (Å²) < 4.78 is 0. The molecule has 6 heteroatoms. The van der Waals surface area contributed by atoms with E-state index < -0.39 is 4.92 Å². The molecule has 0 spiro atoms. The van der Waals surface area contributed by atoms with E-state index in [0.717, 1.165) is 25.7 Å². The summed E-state index contributed by atoms with van der Waals surface area (Å²) in [5.74, 6) is 0.670. The van der Waals surface area contributed by atoms with E-state index in [9.17, 15) is 14.9 Å². The first-order valence-corrected chi connectivity index (χ1v) is 7.68. The second-order valence-corrected chi connectivity index (χ2v) is 5.85. The zero-order valence-corrected chi connectivity index (χ0v) is 12.7. The minimum atomic E-state index is -0.443. The highest BCUT2D eigenvalue weighted by atomic mass is 35.5. The maximum absolute atomic E-state index is 12.3. The molecule has 1 N–H and O–H groups in total. The van der Waals surface area contributed by atoms with E-state index in [4.69, 9.17) is 11.6 Å². The van der Waals surface area contributed by atoms with Crippen LogP contribution in [0.5, 0.6) is 0 Å². The van der Waals surface area contributed by atoms with Crippen LogP contribution >= 0.6 is 11.6 Å². The number of benzene rings is 1. The molecule has 2 atom stereocenters. The number of alkyl halides is 1. The molecule has 2 unspecified atom stereocenters. The van der Waals surface area contributed by atoms with Crippen LogP contribution in [0.4, 0.5) is 5.69 Å². The average Bonchev–Trinajstić information content (AvgIpc) is 2.47. The number of amides is 1. The quantitative estimate of drug-likeness (QED) is 0.526. The van der Waals surface area contributed by atoms with Crippen LogP contribution in [0.3, 0.4) is 0 Å². The highest BCUT2D eigenvalue weighted by Gasteiger charge is 2.26. The predicted octanol–water partition coefficient (Wildman–Crippen LogP) is 3.43. The van der Waals surface area contributed by atoms with Crippen molar-refractivity contribution >= 4 is 23.2 Å². The van der Waals surface area contributed by atoms with Crippen molar-refractivity contribution in [3.8, 4) is 0 Å². The summed E-state index contributed by atoms with van der Waals surface area (Å²) in [4.78, 5) is 22.6. The van der Waals surface area contributed by atoms with E-state index in [2.05, 4.69) is 5.32 Å². The summed E-state index contributed by atoms with van der Waals surface area (Å²) in [5, 5.41) is 13.8. The van der Waals surface area contributed by atoms with E-state index >= 15 is 0 Å². The molecule has 0 aromatic heterocycles. The first-order chi connectivity index (χ1) is 10.0. The van der Waals surface area contributed by atoms with Crippen molar-refractivity contribution in [1.82, 2.24) is 5.32 Å². The van der Waals surface area contributed by atoms with E-state index in [1.54, 1.807) is 13.0 Å². The number of carbonyl (C=O) groups is 1. The van der Waals surface area contributed by atoms with Gasteiger partial charge in [0, 0.05) is 29.1 Å². The molecule has 0 radical (unpaired) electrons. The summed E-state index contributed by atoms with van der Waals surface area (Å²) >= 11 is 5.96. The number of carbonyl (C=O) groups excluding carboxylic acids is 1. The molecule has 21 heavy (non-hydrogen) atoms. The molecule has 1 saturated carbocycles. The van der Waals surface area contributed by atoms with Crippen LogP contribution in [0, 0.1) is 23.0 Å². The van der Waals surface area contributed by atoms with Crippen LogP contribution in [-0.2, 0) is 0 Å². The number of hydrogen-bond acceptors (Lipinski definition) is 3. The number of aryl methyl sites for hydroxylation is 1. The fraction of sp³-hybridized carbons (Fsp3) is 0.533. The van der Waals surface area contributed by atoms with Crippen molar-refractivity contribution in [3.63, 3.8) is 0 Å². The Bertz CT molecular complexity index is 548. The molecular weight excluding hydrogens is 292 g/mol. The Labute approximate surface area is 128 Å². The van der Waals surface area contributed by atoms with Gasteiger partial charge in [0.2, 0.25) is 0 Å². The summed E-state index contributed by atoms with van der Waals surface area (Å²) in [7, 11) is 0. The van der Waals surface area contributed by atoms with E-state index in [0.29, 0.717) is 22.9 Å². The zero-order chi connectivity index (χ0) is 15.4. The molecule has 1 aromatic carbocycles. The van der Waals surface area contributed by atoms with Crippen LogP contribution in [0.2, 0.25) is 0 Å². The molecule has 1 aliphatic carbocycles. The lowest BCUT2D eigenvalue weighted by atomic mass is 9.85. The van der Waals surface area contributed by atoms with Crippen molar-refractivity contribution in [2.24, 2.45) is 5.92 Å². The molecule has 5 nitrogen and oxygen atoms in total. The van der Waals surface area contributed by atoms with E-state index in [-0.39, 0.29) is 17.6 Å². The molecule has 114 valence electrons. The fourth-order valence-electron chi connectivity index (χ4n) is 2.84. The highest BCUT2D eigenvalue weighted by molar-refractivity contribution is 6.18. The molecule has 0 aliphatic heterocycles. The Morgan fingerprint density at radius 2 is 2.14 bits per heavy atom. The number of nitro groups is 1. The minimum Gasteiger partial charge on any atom is -0.349 e. The normalized spacial score (nSPS) is 21.8. The van der Waals surface area contributed by atoms with Gasteiger partial charge < -0.3 is 5.32 Å². The van der Waals surface area contributed by atoms with E-state index in [1.165, 1.54) is 12.1 Å². The van der Waals surface area contributed by atoms with Crippen molar-refractivity contribution in [3.05, 3.63) is 39.4 Å². The molecule has 0 bridgehead atoms. The monoisotopic (exact) mass is 310 g/mol. The SMILES string of the molecule is Cc1cc(C(=O)NC2CCCCC2CCl)ccc1[N+](=O)[O-]. The Balaban J connectivity index is 2.09. The van der Waals surface area contributed by atoms with Gasteiger partial charge in [-0.25, -0.2) is 0 Å². The van der Waals surface area contributed by atoms with Gasteiger partial charge in [0.1, 0.15) is 0 Å². The topological polar surface area (TPSA) is 72.2 Å². The van der Waals surface area contributed by atoms with Crippen LogP contribution in [0.25, 0.3) is 0 Å². The minimum absolute atomic E-state index is 0.0304. The maximum atomic E-state index is 12.3. The Hall–Kier alpha value is -1.62. The first kappa shape index (κ1) is 15.8. The lowest BCUT2D eigenvalue weighted by Crippen LogP contribution is -2.42. The lowest BCUT2D eigenvalue weighted by Gasteiger charge is -2.30. The molecule has 1 amide bonds. The molecule has 1 fully saturated rings. The standard InChI is InChI=1S/C15H19ClN2O3/c1-10-8-11(6-7-14(10)18(20)21)15(19)17-13-5-3-2-4-12(13)9-16/h6-8,12-13H,2-5,9H2,1H3,(H,17,19). The third kappa shape index (κ3) is 3.73. The average molecular weight is 311 g/mol. The molecule has 0 saturated heterocycles. The predicted molar refractivity (Wildman–Crippen MR) is 81.8 cm³/mol. The number of nitrogens with one attached hydrogen (secondary N) is 1. The molecule has 0 heterocycles. The van der Waals surface area contributed by atoms with Crippen molar-refractivity contribution < 1.29 is 9.72 Å². The van der Waals surface area contributed by atoms with Crippen LogP contribution in [-0.4, -0.2) is 22.8 Å². The van der Waals surface area contributed by atoms with Crippen molar-refractivity contribution in [1.29, 1.82) is 0 Å². The van der Waals surface area contributed by atoms with Crippen molar-refractivity contribution in [2.75, 3.05) is 5.88 Å². The Kier molecular flexibility index (Phi) is 5.17. The number of nitro benzene ring substituents is 1. The summed E-state index contributed by atoms with van der Waals surface area (Å²) in [6, 6.07) is 4.54. The smallest absolute Gasteiger partial charge is 0.272 e. The van der Waals surface area contributed by atoms with Crippen LogP contribution in [0.15, 0.2) is 18.2 Å². The van der Waals surface area contributed by atoms with Gasteiger partial charge >= 0.3 is 0 Å². The van der Waals surface area contributed by atoms with Gasteiger partial charge in [0.25, 0.3) is 11.6 Å². The molecule has 1 aromatic rings. The Morgan fingerprint density at radius 1 is 1.43 bits per heavy atom. The van der Waals surface area contributed by atoms with Crippen molar-refractivity contribution in [2.45, 2.75) is 38.6 Å². The van der Waals surface area contributed by atoms with Gasteiger partial charge in [-0.15, -0.1) is 11.6 Å². The van der Waals surface area contributed by atoms with Gasteiger partial charge in [-0.3, -0.25) is 14.9 Å². The highest BCUT2D eigenvalue weighted by Crippen LogP contribution is 2.26. The van der Waals surface area contributed by atoms with E-state index in [1.807, 2.05) is 0 Å². The zero-order valence-electron chi connectivity index (χ0n) is 12.0. The van der Waals surface area contributed by atoms with Crippen LogP contribution in [0.1, 0.15) is 41.6 Å². The van der Waals surface area contributed by atoms with Gasteiger partial charge in [0.05, 0.1) is 4.92 Å². The van der Waals surface area contributed by atoms with Gasteiger partial charge in [0.15, 0.2) is 0 Å². The summed E-state index contributed by atoms with van der Waals surface area (Å²) in [6.45, 7) is 1.64. The molecule has 2 rings (SSSR count). The fourth-order valence-corrected chi connectivity index (χ4v) is 3.21. The maximum Gasteiger partial charge on any atom is 0.272 e. The molecular formula is C15H19ClN2O3. The molecule has 1 aliphatic rings. The number of nitrogens with zero attached hydrogens (tertiary/aromatic N) is 1. The third-order valence-electron chi connectivity index (χ3n) is 4.08. The number of rotatable bonds is 4. The largest absolute Gasteiger partial charge is 0.349 e. The first-order valence-electron chi connectivity index (χ1n) is 7.14. The van der Waals surface area contributed by atoms with Gasteiger partial charge in [-0.05, 0) is 37.8 Å². The number of hydrogen-bond donors (Lipinski definition) is 1. The summed E-state index contributed by atoms with van der Waals surface area (Å²) in [5.41, 5.74) is 0.977. The Morgan fingerprint density at radius 3 is 2.76 bits per heavy atom. The van der Waals surface area contributed by atoms with Crippen LogP contribution < -0.4 is 5.32 Å². The number of halogens is 1. The lowest BCUT2D eigenvalue weighted by molar-refractivity contribution is -0.385. The van der Waals surface area contributed by atoms with Gasteiger partial charge in [-0.2, -0.15) is 0 Å². The van der Waals surface area contributed by atoms with Gasteiger partial charge in [-0.1, -0.05) is 12.8 Å².